The summed E-state index contributed by atoms with van der Waals surface area (Å²) in [6.45, 7) is -0.303. The number of halogens is 2. The normalized spacial score (nSPS) is 15.6. The lowest BCUT2D eigenvalue weighted by Crippen LogP contribution is -2.31. The number of hydrogen-bond donors (Lipinski definition) is 0. The fourth-order valence-corrected chi connectivity index (χ4v) is 2.89. The zero-order chi connectivity index (χ0) is 18.7. The monoisotopic (exact) mass is 378 g/mol. The molecule has 0 amide bonds. The smallest absolute Gasteiger partial charge is 0.313 e. The molecule has 2 aromatic carbocycles. The van der Waals surface area contributed by atoms with Crippen LogP contribution in [-0.2, 0) is 16.0 Å². The van der Waals surface area contributed by atoms with Crippen LogP contribution in [0.15, 0.2) is 36.4 Å². The summed E-state index contributed by atoms with van der Waals surface area (Å²) < 4.78 is 29.1. The minimum absolute atomic E-state index is 0.0372. The summed E-state index contributed by atoms with van der Waals surface area (Å²) in [5.74, 6) is -1.50. The van der Waals surface area contributed by atoms with Gasteiger partial charge in [-0.25, -0.2) is 4.39 Å². The predicted molar refractivity (Wildman–Crippen MR) is 92.4 cm³/mol. The molecule has 0 bridgehead atoms. The van der Waals surface area contributed by atoms with Crippen LogP contribution in [0.5, 0.6) is 11.5 Å². The Kier molecular flexibility index (Phi) is 5.42. The fraction of sp³-hybridized carbons (Fsp3) is 0.263. The number of ketones is 1. The summed E-state index contributed by atoms with van der Waals surface area (Å²) in [7, 11) is 1.33. The van der Waals surface area contributed by atoms with Gasteiger partial charge in [-0.1, -0.05) is 11.6 Å². The third-order valence-electron chi connectivity index (χ3n) is 4.08. The van der Waals surface area contributed by atoms with Crippen molar-refractivity contribution >= 4 is 23.4 Å². The number of esters is 1. The second kappa shape index (κ2) is 7.74. The van der Waals surface area contributed by atoms with Gasteiger partial charge in [0.05, 0.1) is 13.0 Å². The molecule has 2 aromatic rings. The molecule has 0 aromatic heterocycles. The first-order valence-corrected chi connectivity index (χ1v) is 8.30. The van der Waals surface area contributed by atoms with E-state index < -0.39 is 30.1 Å². The lowest BCUT2D eigenvalue weighted by atomic mass is 9.97. The van der Waals surface area contributed by atoms with Gasteiger partial charge >= 0.3 is 5.97 Å². The SMILES string of the molecule is COc1ccc(C(=O)COC(=O)[C@@H]2COc3ccc(Cl)cc3C2)cc1F. The Labute approximate surface area is 154 Å². The highest BCUT2D eigenvalue weighted by Gasteiger charge is 2.28. The van der Waals surface area contributed by atoms with Crippen molar-refractivity contribution in [1.29, 1.82) is 0 Å². The van der Waals surface area contributed by atoms with Crippen molar-refractivity contribution in [2.24, 2.45) is 5.92 Å². The van der Waals surface area contributed by atoms with E-state index in [2.05, 4.69) is 0 Å². The Morgan fingerprint density at radius 3 is 2.81 bits per heavy atom. The van der Waals surface area contributed by atoms with Crippen LogP contribution < -0.4 is 9.47 Å². The van der Waals surface area contributed by atoms with Gasteiger partial charge in [-0.3, -0.25) is 9.59 Å². The van der Waals surface area contributed by atoms with E-state index in [1.165, 1.54) is 19.2 Å². The number of methoxy groups -OCH3 is 1. The van der Waals surface area contributed by atoms with Gasteiger partial charge in [-0.05, 0) is 48.4 Å². The van der Waals surface area contributed by atoms with E-state index in [1.807, 2.05) is 0 Å². The quantitative estimate of drug-likeness (QED) is 0.589. The summed E-state index contributed by atoms with van der Waals surface area (Å²) in [5.41, 5.74) is 0.919. The molecular weight excluding hydrogens is 363 g/mol. The number of rotatable bonds is 5. The molecule has 0 saturated carbocycles. The lowest BCUT2D eigenvalue weighted by Gasteiger charge is -2.24. The van der Waals surface area contributed by atoms with Crippen molar-refractivity contribution in [2.45, 2.75) is 6.42 Å². The highest BCUT2D eigenvalue weighted by Crippen LogP contribution is 2.30. The number of carbonyl (C=O) groups is 2. The number of Topliss-reactive ketones (excluding diaryl/α,β-unsaturated/α-hetero) is 1. The molecule has 1 aliphatic heterocycles. The fourth-order valence-electron chi connectivity index (χ4n) is 2.69. The molecule has 0 saturated heterocycles. The molecule has 0 radical (unpaired) electrons. The van der Waals surface area contributed by atoms with Gasteiger partial charge in [-0.2, -0.15) is 0 Å². The Morgan fingerprint density at radius 2 is 2.08 bits per heavy atom. The largest absolute Gasteiger partial charge is 0.494 e. The van der Waals surface area contributed by atoms with E-state index in [0.717, 1.165) is 11.6 Å². The molecular formula is C19H16ClFO5. The molecule has 5 nitrogen and oxygen atoms in total. The Morgan fingerprint density at radius 1 is 1.27 bits per heavy atom. The standard InChI is InChI=1S/C19H16ClFO5/c1-24-18-4-2-11(8-15(18)21)16(22)10-26-19(23)13-6-12-7-14(20)3-5-17(12)25-9-13/h2-5,7-8,13H,6,9-10H2,1H3/t13-/m0/s1. The third-order valence-corrected chi connectivity index (χ3v) is 4.32. The third kappa shape index (κ3) is 3.96. The first-order valence-electron chi connectivity index (χ1n) is 7.92. The maximum absolute atomic E-state index is 13.7. The van der Waals surface area contributed by atoms with Crippen LogP contribution in [0.25, 0.3) is 0 Å². The summed E-state index contributed by atoms with van der Waals surface area (Å²) in [5, 5.41) is 0.554. The number of carbonyl (C=O) groups excluding carboxylic acids is 2. The van der Waals surface area contributed by atoms with E-state index in [4.69, 9.17) is 25.8 Å². The minimum atomic E-state index is -0.654. The maximum Gasteiger partial charge on any atom is 0.313 e. The molecule has 0 spiro atoms. The van der Waals surface area contributed by atoms with Crippen molar-refractivity contribution in [1.82, 2.24) is 0 Å². The van der Waals surface area contributed by atoms with Crippen LogP contribution >= 0.6 is 11.6 Å². The number of benzene rings is 2. The number of hydrogen-bond acceptors (Lipinski definition) is 5. The van der Waals surface area contributed by atoms with Crippen LogP contribution in [-0.4, -0.2) is 32.1 Å². The Balaban J connectivity index is 1.59. The second-order valence-corrected chi connectivity index (χ2v) is 6.28. The Bertz CT molecular complexity index is 852. The number of fused-ring (bicyclic) bond motifs is 1. The summed E-state index contributed by atoms with van der Waals surface area (Å²) in [6.07, 6.45) is 0.417. The molecule has 0 unspecified atom stereocenters. The zero-order valence-corrected chi connectivity index (χ0v) is 14.7. The van der Waals surface area contributed by atoms with E-state index in [0.29, 0.717) is 17.2 Å². The van der Waals surface area contributed by atoms with Crippen LogP contribution in [0.2, 0.25) is 5.02 Å². The second-order valence-electron chi connectivity index (χ2n) is 5.84. The average Bonchev–Trinajstić information content (AvgIpc) is 2.65. The molecule has 0 N–H and O–H groups in total. The van der Waals surface area contributed by atoms with Gasteiger partial charge < -0.3 is 14.2 Å². The van der Waals surface area contributed by atoms with Crippen molar-refractivity contribution in [3.05, 3.63) is 58.4 Å². The van der Waals surface area contributed by atoms with E-state index in [9.17, 15) is 14.0 Å². The maximum atomic E-state index is 13.7. The number of ether oxygens (including phenoxy) is 3. The van der Waals surface area contributed by atoms with Gasteiger partial charge in [0.15, 0.2) is 24.0 Å². The van der Waals surface area contributed by atoms with Crippen molar-refractivity contribution in [3.63, 3.8) is 0 Å². The molecule has 7 heteroatoms. The highest BCUT2D eigenvalue weighted by atomic mass is 35.5. The van der Waals surface area contributed by atoms with Crippen molar-refractivity contribution in [3.8, 4) is 11.5 Å². The first kappa shape index (κ1) is 18.2. The Hall–Kier alpha value is -2.60. The molecule has 136 valence electrons. The predicted octanol–water partition coefficient (Wildman–Crippen LogP) is 3.46. The van der Waals surface area contributed by atoms with Gasteiger partial charge in [0.1, 0.15) is 12.4 Å². The van der Waals surface area contributed by atoms with Gasteiger partial charge in [0.25, 0.3) is 0 Å². The average molecular weight is 379 g/mol. The van der Waals surface area contributed by atoms with E-state index >= 15 is 0 Å². The van der Waals surface area contributed by atoms with E-state index in [-0.39, 0.29) is 17.9 Å². The van der Waals surface area contributed by atoms with Crippen LogP contribution in [0.4, 0.5) is 4.39 Å². The zero-order valence-electron chi connectivity index (χ0n) is 14.0. The van der Waals surface area contributed by atoms with Gasteiger partial charge in [0, 0.05) is 10.6 Å². The topological polar surface area (TPSA) is 61.8 Å². The molecule has 1 heterocycles. The lowest BCUT2D eigenvalue weighted by molar-refractivity contribution is -0.148. The summed E-state index contributed by atoms with van der Waals surface area (Å²) in [6, 6.07) is 9.02. The van der Waals surface area contributed by atoms with Gasteiger partial charge in [0.2, 0.25) is 0 Å². The molecule has 1 atom stereocenters. The summed E-state index contributed by atoms with van der Waals surface area (Å²) in [4.78, 5) is 24.3. The first-order chi connectivity index (χ1) is 12.5. The minimum Gasteiger partial charge on any atom is -0.494 e. The molecule has 1 aliphatic rings. The molecule has 0 aliphatic carbocycles. The van der Waals surface area contributed by atoms with Gasteiger partial charge in [-0.15, -0.1) is 0 Å². The highest BCUT2D eigenvalue weighted by molar-refractivity contribution is 6.30. The molecule has 3 rings (SSSR count). The van der Waals surface area contributed by atoms with Crippen LogP contribution in [0.1, 0.15) is 15.9 Å². The van der Waals surface area contributed by atoms with Crippen molar-refractivity contribution in [2.75, 3.05) is 20.3 Å². The molecule has 26 heavy (non-hydrogen) atoms. The van der Waals surface area contributed by atoms with E-state index in [1.54, 1.807) is 18.2 Å². The van der Waals surface area contributed by atoms with Crippen molar-refractivity contribution < 1.29 is 28.2 Å². The summed E-state index contributed by atoms with van der Waals surface area (Å²) >= 11 is 5.95. The van der Waals surface area contributed by atoms with Crippen LogP contribution in [0, 0.1) is 11.7 Å². The molecule has 0 fully saturated rings. The van der Waals surface area contributed by atoms with Crippen LogP contribution in [0.3, 0.4) is 0 Å².